The molecule has 3 rings (SSSR count). The van der Waals surface area contributed by atoms with Crippen molar-refractivity contribution in [3.05, 3.63) is 53.9 Å². The summed E-state index contributed by atoms with van der Waals surface area (Å²) in [7, 11) is 0. The molecule has 0 fully saturated rings. The molecule has 3 aromatic rings. The summed E-state index contributed by atoms with van der Waals surface area (Å²) in [6, 6.07) is 9.73. The monoisotopic (exact) mass is 265 g/mol. The van der Waals surface area contributed by atoms with Gasteiger partial charge in [-0.25, -0.2) is 9.97 Å². The highest BCUT2D eigenvalue weighted by atomic mass is 15.0. The lowest BCUT2D eigenvalue weighted by molar-refractivity contribution is 1.09. The molecule has 20 heavy (non-hydrogen) atoms. The number of aromatic nitrogens is 3. The predicted molar refractivity (Wildman–Crippen MR) is 80.3 cm³/mol. The first kappa shape index (κ1) is 12.3. The summed E-state index contributed by atoms with van der Waals surface area (Å²) in [6.45, 7) is 2.70. The van der Waals surface area contributed by atoms with Crippen LogP contribution in [0.1, 0.15) is 11.1 Å². The normalized spacial score (nSPS) is 10.7. The minimum Gasteiger partial charge on any atom is -0.399 e. The van der Waals surface area contributed by atoms with E-state index in [0.29, 0.717) is 12.2 Å². The Kier molecular flexibility index (Phi) is 3.16. The van der Waals surface area contributed by atoms with Crippen LogP contribution in [0.2, 0.25) is 0 Å². The van der Waals surface area contributed by atoms with E-state index in [1.807, 2.05) is 31.2 Å². The molecule has 5 heteroatoms. The van der Waals surface area contributed by atoms with Crippen molar-refractivity contribution >= 4 is 22.7 Å². The van der Waals surface area contributed by atoms with Crippen molar-refractivity contribution in [2.24, 2.45) is 0 Å². The van der Waals surface area contributed by atoms with Gasteiger partial charge < -0.3 is 11.1 Å². The Labute approximate surface area is 116 Å². The number of nitrogens with two attached hydrogens (primary N) is 1. The summed E-state index contributed by atoms with van der Waals surface area (Å²) in [5.41, 5.74) is 10.4. The van der Waals surface area contributed by atoms with E-state index in [2.05, 4.69) is 26.3 Å². The Bertz CT molecular complexity index is 754. The Morgan fingerprint density at radius 1 is 1.10 bits per heavy atom. The van der Waals surface area contributed by atoms with Crippen LogP contribution in [0.4, 0.5) is 11.5 Å². The number of hydrogen-bond acceptors (Lipinski definition) is 5. The van der Waals surface area contributed by atoms with Gasteiger partial charge in [0.15, 0.2) is 5.65 Å². The molecule has 0 saturated carbocycles. The number of nitrogens with one attached hydrogen (secondary N) is 1. The number of anilines is 2. The minimum absolute atomic E-state index is 0.641. The van der Waals surface area contributed by atoms with E-state index < -0.39 is 0 Å². The Balaban J connectivity index is 1.81. The van der Waals surface area contributed by atoms with Crippen LogP contribution in [0.25, 0.3) is 11.2 Å². The molecule has 0 aliphatic carbocycles. The molecular formula is C15H15N5. The van der Waals surface area contributed by atoms with Gasteiger partial charge in [-0.05, 0) is 36.2 Å². The summed E-state index contributed by atoms with van der Waals surface area (Å²) < 4.78 is 0. The fraction of sp³-hybridized carbons (Fsp3) is 0.133. The maximum absolute atomic E-state index is 5.90. The SMILES string of the molecule is Cc1c(N)cccc1CNc1ccc2nccnc2n1. The maximum Gasteiger partial charge on any atom is 0.180 e. The van der Waals surface area contributed by atoms with Gasteiger partial charge in [0.05, 0.1) is 0 Å². The van der Waals surface area contributed by atoms with Crippen molar-refractivity contribution < 1.29 is 0 Å². The zero-order valence-corrected chi connectivity index (χ0v) is 11.2. The fourth-order valence-electron chi connectivity index (χ4n) is 2.03. The lowest BCUT2D eigenvalue weighted by atomic mass is 10.1. The zero-order chi connectivity index (χ0) is 13.9. The number of pyridine rings is 1. The van der Waals surface area contributed by atoms with Crippen molar-refractivity contribution in [1.29, 1.82) is 0 Å². The summed E-state index contributed by atoms with van der Waals surface area (Å²) >= 11 is 0. The van der Waals surface area contributed by atoms with Crippen LogP contribution >= 0.6 is 0 Å². The van der Waals surface area contributed by atoms with Crippen LogP contribution < -0.4 is 11.1 Å². The van der Waals surface area contributed by atoms with Crippen molar-refractivity contribution in [1.82, 2.24) is 15.0 Å². The molecule has 0 aliphatic rings. The highest BCUT2D eigenvalue weighted by Crippen LogP contribution is 2.17. The standard InChI is InChI=1S/C15H15N5/c1-10-11(3-2-4-12(10)16)9-19-14-6-5-13-15(20-14)18-8-7-17-13/h2-8H,9,16H2,1H3,(H,18,19,20). The third kappa shape index (κ3) is 2.38. The quantitative estimate of drug-likeness (QED) is 0.712. The second kappa shape index (κ2) is 5.13. The van der Waals surface area contributed by atoms with Crippen LogP contribution in [-0.4, -0.2) is 15.0 Å². The van der Waals surface area contributed by atoms with Gasteiger partial charge in [0.25, 0.3) is 0 Å². The molecule has 100 valence electrons. The molecule has 0 atom stereocenters. The van der Waals surface area contributed by atoms with E-state index in [-0.39, 0.29) is 0 Å². The van der Waals surface area contributed by atoms with Crippen LogP contribution in [-0.2, 0) is 6.54 Å². The Hall–Kier alpha value is -2.69. The van der Waals surface area contributed by atoms with Crippen LogP contribution in [0.3, 0.4) is 0 Å². The van der Waals surface area contributed by atoms with Gasteiger partial charge in [0.1, 0.15) is 11.3 Å². The molecule has 2 aromatic heterocycles. The van der Waals surface area contributed by atoms with E-state index in [0.717, 1.165) is 28.1 Å². The maximum atomic E-state index is 5.90. The van der Waals surface area contributed by atoms with Crippen LogP contribution in [0.15, 0.2) is 42.7 Å². The van der Waals surface area contributed by atoms with E-state index in [9.17, 15) is 0 Å². The number of rotatable bonds is 3. The molecule has 0 unspecified atom stereocenters. The van der Waals surface area contributed by atoms with Gasteiger partial charge in [-0.1, -0.05) is 12.1 Å². The lowest BCUT2D eigenvalue weighted by Gasteiger charge is -2.10. The molecule has 0 bridgehead atoms. The van der Waals surface area contributed by atoms with Gasteiger partial charge in [0, 0.05) is 24.6 Å². The van der Waals surface area contributed by atoms with Crippen molar-refractivity contribution in [3.8, 4) is 0 Å². The minimum atomic E-state index is 0.641. The van der Waals surface area contributed by atoms with Crippen molar-refractivity contribution in [3.63, 3.8) is 0 Å². The zero-order valence-electron chi connectivity index (χ0n) is 11.2. The molecule has 0 spiro atoms. The van der Waals surface area contributed by atoms with Crippen LogP contribution in [0.5, 0.6) is 0 Å². The second-order valence-corrected chi connectivity index (χ2v) is 4.58. The molecular weight excluding hydrogens is 250 g/mol. The third-order valence-electron chi connectivity index (χ3n) is 3.28. The summed E-state index contributed by atoms with van der Waals surface area (Å²) in [5.74, 6) is 0.778. The number of fused-ring (bicyclic) bond motifs is 1. The number of nitrogens with zero attached hydrogens (tertiary/aromatic N) is 3. The largest absolute Gasteiger partial charge is 0.399 e. The van der Waals surface area contributed by atoms with Gasteiger partial charge in [-0.3, -0.25) is 4.98 Å². The third-order valence-corrected chi connectivity index (χ3v) is 3.28. The van der Waals surface area contributed by atoms with Gasteiger partial charge in [-0.2, -0.15) is 0 Å². The number of nitrogen functional groups attached to an aromatic ring is 1. The van der Waals surface area contributed by atoms with Gasteiger partial charge >= 0.3 is 0 Å². The van der Waals surface area contributed by atoms with E-state index in [1.165, 1.54) is 0 Å². The molecule has 0 radical (unpaired) electrons. The molecule has 3 N–H and O–H groups in total. The summed E-state index contributed by atoms with van der Waals surface area (Å²) in [6.07, 6.45) is 3.30. The summed E-state index contributed by atoms with van der Waals surface area (Å²) in [4.78, 5) is 12.8. The first-order chi connectivity index (χ1) is 9.74. The first-order valence-electron chi connectivity index (χ1n) is 6.39. The average molecular weight is 265 g/mol. The number of hydrogen-bond donors (Lipinski definition) is 2. The van der Waals surface area contributed by atoms with Crippen molar-refractivity contribution in [2.75, 3.05) is 11.1 Å². The molecule has 0 aliphatic heterocycles. The molecule has 5 nitrogen and oxygen atoms in total. The predicted octanol–water partition coefficient (Wildman–Crippen LogP) is 2.53. The second-order valence-electron chi connectivity index (χ2n) is 4.58. The Morgan fingerprint density at radius 3 is 2.85 bits per heavy atom. The fourth-order valence-corrected chi connectivity index (χ4v) is 2.03. The molecule has 0 saturated heterocycles. The van der Waals surface area contributed by atoms with E-state index >= 15 is 0 Å². The van der Waals surface area contributed by atoms with E-state index in [1.54, 1.807) is 12.4 Å². The number of benzene rings is 1. The smallest absolute Gasteiger partial charge is 0.180 e. The topological polar surface area (TPSA) is 76.7 Å². The highest BCUT2D eigenvalue weighted by Gasteiger charge is 2.03. The first-order valence-corrected chi connectivity index (χ1v) is 6.39. The highest BCUT2D eigenvalue weighted by molar-refractivity contribution is 5.71. The van der Waals surface area contributed by atoms with Gasteiger partial charge in [-0.15, -0.1) is 0 Å². The Morgan fingerprint density at radius 2 is 1.95 bits per heavy atom. The van der Waals surface area contributed by atoms with Crippen molar-refractivity contribution in [2.45, 2.75) is 13.5 Å². The van der Waals surface area contributed by atoms with Crippen LogP contribution in [0, 0.1) is 6.92 Å². The van der Waals surface area contributed by atoms with E-state index in [4.69, 9.17) is 5.73 Å². The molecule has 1 aromatic carbocycles. The average Bonchev–Trinajstić information content (AvgIpc) is 2.48. The molecule has 0 amide bonds. The summed E-state index contributed by atoms with van der Waals surface area (Å²) in [5, 5.41) is 3.29. The molecule has 2 heterocycles. The lowest BCUT2D eigenvalue weighted by Crippen LogP contribution is -2.04. The van der Waals surface area contributed by atoms with Gasteiger partial charge in [0.2, 0.25) is 0 Å².